The van der Waals surface area contributed by atoms with E-state index >= 15 is 4.39 Å². The topological polar surface area (TPSA) is 112 Å². The number of aryl methyl sites for hydroxylation is 1. The molecule has 2 aliphatic carbocycles. The quantitative estimate of drug-likeness (QED) is 0.0515. The van der Waals surface area contributed by atoms with Gasteiger partial charge < -0.3 is 20.0 Å². The van der Waals surface area contributed by atoms with E-state index in [0.29, 0.717) is 69.8 Å². The number of rotatable bonds is 23. The summed E-state index contributed by atoms with van der Waals surface area (Å²) in [6.45, 7) is 22.7. The van der Waals surface area contributed by atoms with Crippen LogP contribution in [0.4, 0.5) is 4.39 Å². The Balaban J connectivity index is 1.06. The number of nitrogens with zero attached hydrogens (tertiary/aromatic N) is 5. The molecule has 1 aromatic heterocycles. The van der Waals surface area contributed by atoms with Gasteiger partial charge in [-0.05, 0) is 184 Å². The predicted octanol–water partition coefficient (Wildman–Crippen LogP) is 10.7. The Kier molecular flexibility index (Phi) is 17.7. The van der Waals surface area contributed by atoms with E-state index in [9.17, 15) is 14.4 Å². The summed E-state index contributed by atoms with van der Waals surface area (Å²) < 4.78 is 17.5. The average Bonchev–Trinajstić information content (AvgIpc) is 3.99. The summed E-state index contributed by atoms with van der Waals surface area (Å²) in [7, 11) is 4.19. The Morgan fingerprint density at radius 3 is 2.29 bits per heavy atom. The molecule has 0 bridgehead atoms. The summed E-state index contributed by atoms with van der Waals surface area (Å²) in [4.78, 5) is 46.3. The molecule has 1 unspecified atom stereocenters. The van der Waals surface area contributed by atoms with Crippen LogP contribution in [0.3, 0.4) is 0 Å². The van der Waals surface area contributed by atoms with Gasteiger partial charge in [0.05, 0.1) is 11.2 Å². The lowest BCUT2D eigenvalue weighted by molar-refractivity contribution is -0.120. The van der Waals surface area contributed by atoms with Crippen molar-refractivity contribution in [3.63, 3.8) is 0 Å². The standard InChI is InChI=1S/C51H70ClFN6O3/c1-32(2)50(55-31-47(52)35(5)46-30-56-58(9)51(46)26-38-12-13-38)29-49(54)40-14-16-42(17-15-40)57(8)21-10-22-59-23-19-39(20-24-59)45-27-41(44(37(7)62)28-48(45)53)25-33(3)43(36(6)61)18-11-34(4)60/h27-28,30-31,38-40,42-43,54H,1,3,5,10-26,29H2,2,4,6-9H3/b47-31+,54-49?,55-50?. The number of hydrogen-bond acceptors (Lipinski definition) is 8. The van der Waals surface area contributed by atoms with Crippen molar-refractivity contribution in [3.05, 3.63) is 94.2 Å². The van der Waals surface area contributed by atoms with Crippen molar-refractivity contribution in [2.24, 2.45) is 29.8 Å². The normalized spacial score (nSPS) is 19.7. The second-order valence-electron chi connectivity index (χ2n) is 18.6. The van der Waals surface area contributed by atoms with E-state index in [1.165, 1.54) is 39.7 Å². The van der Waals surface area contributed by atoms with Crippen LogP contribution in [-0.2, 0) is 29.5 Å². The number of carbonyl (C=O) groups is 3. The van der Waals surface area contributed by atoms with Gasteiger partial charge in [-0.25, -0.2) is 4.39 Å². The average molecular weight is 870 g/mol. The number of halogens is 2. The minimum atomic E-state index is -0.477. The van der Waals surface area contributed by atoms with Crippen molar-refractivity contribution in [1.29, 1.82) is 5.41 Å². The van der Waals surface area contributed by atoms with Crippen LogP contribution in [0, 0.1) is 29.0 Å². The predicted molar refractivity (Wildman–Crippen MR) is 252 cm³/mol. The summed E-state index contributed by atoms with van der Waals surface area (Å²) in [6, 6.07) is 3.70. The lowest BCUT2D eigenvalue weighted by Gasteiger charge is -2.36. The van der Waals surface area contributed by atoms with Gasteiger partial charge in [-0.1, -0.05) is 43.0 Å². The number of piperidine rings is 1. The molecule has 62 heavy (non-hydrogen) atoms. The molecule has 1 atom stereocenters. The molecule has 336 valence electrons. The fourth-order valence-electron chi connectivity index (χ4n) is 9.42. The monoisotopic (exact) mass is 869 g/mol. The Labute approximate surface area is 375 Å². The highest BCUT2D eigenvalue weighted by molar-refractivity contribution is 6.37. The largest absolute Gasteiger partial charge is 0.309 e. The fourth-order valence-corrected chi connectivity index (χ4v) is 9.57. The number of hydrogen-bond donors (Lipinski definition) is 1. The molecule has 0 radical (unpaired) electrons. The Morgan fingerprint density at radius 2 is 1.69 bits per heavy atom. The van der Waals surface area contributed by atoms with Gasteiger partial charge in [0.15, 0.2) is 5.78 Å². The first-order valence-corrected chi connectivity index (χ1v) is 23.1. The van der Waals surface area contributed by atoms with Gasteiger partial charge in [-0.15, -0.1) is 0 Å². The molecule has 1 saturated heterocycles. The van der Waals surface area contributed by atoms with Gasteiger partial charge in [-0.2, -0.15) is 5.10 Å². The first-order valence-electron chi connectivity index (χ1n) is 22.7. The van der Waals surface area contributed by atoms with E-state index in [-0.39, 0.29) is 41.4 Å². The van der Waals surface area contributed by atoms with Crippen molar-refractivity contribution < 1.29 is 18.8 Å². The number of ketones is 3. The third kappa shape index (κ3) is 13.4. The maximum atomic E-state index is 15.6. The van der Waals surface area contributed by atoms with Crippen LogP contribution >= 0.6 is 11.6 Å². The van der Waals surface area contributed by atoms with Crippen LogP contribution in [0.2, 0.25) is 0 Å². The number of likely N-dealkylation sites (tertiary alicyclic amines) is 1. The maximum Gasteiger partial charge on any atom is 0.160 e. The second kappa shape index (κ2) is 22.5. The van der Waals surface area contributed by atoms with Gasteiger partial charge in [-0.3, -0.25) is 19.3 Å². The van der Waals surface area contributed by atoms with E-state index in [4.69, 9.17) is 22.0 Å². The van der Waals surface area contributed by atoms with Gasteiger partial charge >= 0.3 is 0 Å². The number of allylic oxidation sites excluding steroid dienone is 4. The molecule has 5 rings (SSSR count). The van der Waals surface area contributed by atoms with Crippen molar-refractivity contribution in [2.45, 2.75) is 130 Å². The molecule has 2 aromatic rings. The minimum absolute atomic E-state index is 0.0155. The number of aromatic nitrogens is 2. The highest BCUT2D eigenvalue weighted by atomic mass is 35.5. The first kappa shape index (κ1) is 48.9. The van der Waals surface area contributed by atoms with Crippen molar-refractivity contribution in [1.82, 2.24) is 19.6 Å². The molecular formula is C51H70ClFN6O3. The van der Waals surface area contributed by atoms with E-state index in [1.807, 2.05) is 30.9 Å². The molecule has 1 aromatic carbocycles. The second-order valence-corrected chi connectivity index (χ2v) is 19.0. The first-order chi connectivity index (χ1) is 29.4. The summed E-state index contributed by atoms with van der Waals surface area (Å²) in [5, 5.41) is 14.0. The number of carbonyl (C=O) groups excluding carboxylic acids is 3. The zero-order valence-corrected chi connectivity index (χ0v) is 39.0. The van der Waals surface area contributed by atoms with Crippen molar-refractivity contribution in [2.75, 3.05) is 33.2 Å². The van der Waals surface area contributed by atoms with Crippen LogP contribution in [-0.4, -0.2) is 87.6 Å². The highest BCUT2D eigenvalue weighted by Gasteiger charge is 2.30. The summed E-state index contributed by atoms with van der Waals surface area (Å²) >= 11 is 6.74. The SMILES string of the molecule is C=C(C)C(CC(=N)C1CCC(N(C)CCCN2CCC(c3cc(CC(=C)C(CCC(C)=O)C(C)=O)c(C(C)=O)cc3F)CC2)CC1)=N/C=C(/Cl)C(=C)c1cnn(C)c1CC1CC1. The molecule has 0 spiro atoms. The third-order valence-corrected chi connectivity index (χ3v) is 14.0. The van der Waals surface area contributed by atoms with Crippen molar-refractivity contribution in [3.8, 4) is 0 Å². The number of benzene rings is 1. The number of Topliss-reactive ketones (excluding diaryl/α,β-unsaturated/α-hetero) is 3. The van der Waals surface area contributed by atoms with Gasteiger partial charge in [0, 0.05) is 66.3 Å². The van der Waals surface area contributed by atoms with Gasteiger partial charge in [0.2, 0.25) is 0 Å². The van der Waals surface area contributed by atoms with E-state index in [0.717, 1.165) is 100 Å². The van der Waals surface area contributed by atoms with Crippen LogP contribution in [0.25, 0.3) is 5.57 Å². The summed E-state index contributed by atoms with van der Waals surface area (Å²) in [5.74, 6) is -0.0933. The summed E-state index contributed by atoms with van der Waals surface area (Å²) in [5.41, 5.74) is 7.47. The molecule has 3 aliphatic rings. The van der Waals surface area contributed by atoms with Gasteiger partial charge in [0.25, 0.3) is 0 Å². The Hall–Kier alpha value is -4.12. The lowest BCUT2D eigenvalue weighted by atomic mass is 9.81. The molecule has 0 amide bonds. The van der Waals surface area contributed by atoms with E-state index < -0.39 is 5.92 Å². The lowest BCUT2D eigenvalue weighted by Crippen LogP contribution is -2.39. The molecule has 9 nitrogen and oxygen atoms in total. The molecular weight excluding hydrogens is 799 g/mol. The summed E-state index contributed by atoms with van der Waals surface area (Å²) in [6.07, 6.45) is 15.2. The van der Waals surface area contributed by atoms with Crippen LogP contribution in [0.1, 0.15) is 143 Å². The minimum Gasteiger partial charge on any atom is -0.309 e. The molecule has 11 heteroatoms. The van der Waals surface area contributed by atoms with E-state index in [1.54, 1.807) is 6.20 Å². The van der Waals surface area contributed by atoms with Crippen molar-refractivity contribution >= 4 is 45.9 Å². The smallest absolute Gasteiger partial charge is 0.160 e. The van der Waals surface area contributed by atoms with Crippen LogP contribution in [0.15, 0.2) is 65.4 Å². The zero-order valence-electron chi connectivity index (χ0n) is 38.3. The highest BCUT2D eigenvalue weighted by Crippen LogP contribution is 2.37. The van der Waals surface area contributed by atoms with Crippen LogP contribution < -0.4 is 0 Å². The Morgan fingerprint density at radius 1 is 1.02 bits per heavy atom. The Bertz CT molecular complexity index is 2080. The van der Waals surface area contributed by atoms with Gasteiger partial charge in [0.1, 0.15) is 17.4 Å². The maximum absolute atomic E-state index is 15.6. The molecule has 1 N–H and O–H groups in total. The number of nitrogens with one attached hydrogen (secondary N) is 1. The molecule has 1 aliphatic heterocycles. The molecule has 2 saturated carbocycles. The van der Waals surface area contributed by atoms with E-state index in [2.05, 4.69) is 41.7 Å². The third-order valence-electron chi connectivity index (χ3n) is 13.7. The zero-order chi connectivity index (χ0) is 45.2. The number of aliphatic imine (C=N–C) groups is 1. The molecule has 3 fully saturated rings. The fraction of sp³-hybridized carbons (Fsp3) is 0.569. The van der Waals surface area contributed by atoms with Crippen LogP contribution in [0.5, 0.6) is 0 Å². The molecule has 2 heterocycles.